The largest absolute Gasteiger partial charge is 0.381 e. The number of benzene rings is 2. The molecule has 0 unspecified atom stereocenters. The first-order valence-electron chi connectivity index (χ1n) is 9.19. The van der Waals surface area contributed by atoms with E-state index < -0.39 is 0 Å². The summed E-state index contributed by atoms with van der Waals surface area (Å²) in [5, 5.41) is 6.95. The molecule has 3 heteroatoms. The molecular formula is C22H29N3. The highest BCUT2D eigenvalue weighted by Gasteiger charge is 2.22. The molecule has 0 amide bonds. The SMILES string of the molecule is C=C(C)C[C@@H](c1ccc(NCc2ccccc2)cc1)N1CCNCC1. The third-order valence-corrected chi connectivity index (χ3v) is 4.77. The van der Waals surface area contributed by atoms with Gasteiger partial charge in [-0.2, -0.15) is 0 Å². The van der Waals surface area contributed by atoms with Crippen LogP contribution in [0, 0.1) is 0 Å². The highest BCUT2D eigenvalue weighted by atomic mass is 15.2. The summed E-state index contributed by atoms with van der Waals surface area (Å²) in [6, 6.07) is 19.9. The summed E-state index contributed by atoms with van der Waals surface area (Å²) in [6.07, 6.45) is 1.02. The van der Waals surface area contributed by atoms with Gasteiger partial charge in [-0.15, -0.1) is 6.58 Å². The molecule has 1 aliphatic heterocycles. The summed E-state index contributed by atoms with van der Waals surface area (Å²) in [4.78, 5) is 2.58. The molecule has 0 bridgehead atoms. The molecular weight excluding hydrogens is 306 g/mol. The second kappa shape index (κ2) is 8.84. The van der Waals surface area contributed by atoms with Gasteiger partial charge in [-0.25, -0.2) is 0 Å². The molecule has 3 rings (SSSR count). The van der Waals surface area contributed by atoms with Gasteiger partial charge in [0.1, 0.15) is 0 Å². The van der Waals surface area contributed by atoms with Gasteiger partial charge in [0, 0.05) is 44.5 Å². The van der Waals surface area contributed by atoms with Crippen LogP contribution >= 0.6 is 0 Å². The van der Waals surface area contributed by atoms with Crippen LogP contribution in [0.3, 0.4) is 0 Å². The molecule has 0 aromatic heterocycles. The molecule has 1 saturated heterocycles. The Bertz CT molecular complexity index is 657. The molecule has 1 heterocycles. The highest BCUT2D eigenvalue weighted by Crippen LogP contribution is 2.28. The van der Waals surface area contributed by atoms with E-state index in [4.69, 9.17) is 0 Å². The molecule has 0 spiro atoms. The first-order chi connectivity index (χ1) is 12.2. The minimum Gasteiger partial charge on any atom is -0.381 e. The predicted octanol–water partition coefficient (Wildman–Crippen LogP) is 4.21. The zero-order valence-corrected chi connectivity index (χ0v) is 15.2. The number of rotatable bonds is 7. The van der Waals surface area contributed by atoms with Crippen molar-refractivity contribution in [2.45, 2.75) is 25.9 Å². The molecule has 1 fully saturated rings. The summed E-state index contributed by atoms with van der Waals surface area (Å²) in [5.74, 6) is 0. The van der Waals surface area contributed by atoms with Crippen molar-refractivity contribution in [3.63, 3.8) is 0 Å². The first-order valence-corrected chi connectivity index (χ1v) is 9.19. The number of hydrogen-bond donors (Lipinski definition) is 2. The standard InChI is InChI=1S/C22H29N3/c1-18(2)16-22(25-14-12-23-13-15-25)20-8-10-21(11-9-20)24-17-19-6-4-3-5-7-19/h3-11,22-24H,1,12-17H2,2H3/t22-/m0/s1. The molecule has 2 aromatic carbocycles. The normalized spacial score (nSPS) is 16.4. The lowest BCUT2D eigenvalue weighted by Gasteiger charge is -2.35. The van der Waals surface area contributed by atoms with Crippen LogP contribution in [-0.4, -0.2) is 31.1 Å². The lowest BCUT2D eigenvalue weighted by Crippen LogP contribution is -2.45. The monoisotopic (exact) mass is 335 g/mol. The third kappa shape index (κ3) is 5.18. The maximum Gasteiger partial charge on any atom is 0.0400 e. The van der Waals surface area contributed by atoms with Crippen LogP contribution in [0.15, 0.2) is 66.7 Å². The van der Waals surface area contributed by atoms with Crippen LogP contribution in [0.1, 0.15) is 30.5 Å². The fraction of sp³-hybridized carbons (Fsp3) is 0.364. The fourth-order valence-electron chi connectivity index (χ4n) is 3.40. The predicted molar refractivity (Wildman–Crippen MR) is 107 cm³/mol. The Morgan fingerprint density at radius 1 is 1.08 bits per heavy atom. The Morgan fingerprint density at radius 3 is 2.40 bits per heavy atom. The number of nitrogens with zero attached hydrogens (tertiary/aromatic N) is 1. The van der Waals surface area contributed by atoms with Gasteiger partial charge >= 0.3 is 0 Å². The molecule has 25 heavy (non-hydrogen) atoms. The van der Waals surface area contributed by atoms with Crippen LogP contribution in [0.4, 0.5) is 5.69 Å². The van der Waals surface area contributed by atoms with Gasteiger partial charge in [0.15, 0.2) is 0 Å². The Labute approximate surface area is 151 Å². The zero-order chi connectivity index (χ0) is 17.5. The molecule has 0 saturated carbocycles. The summed E-state index contributed by atoms with van der Waals surface area (Å²) in [7, 11) is 0. The van der Waals surface area contributed by atoms with E-state index in [0.29, 0.717) is 6.04 Å². The molecule has 0 radical (unpaired) electrons. The summed E-state index contributed by atoms with van der Waals surface area (Å²) >= 11 is 0. The van der Waals surface area contributed by atoms with Gasteiger partial charge < -0.3 is 10.6 Å². The van der Waals surface area contributed by atoms with Gasteiger partial charge in [0.2, 0.25) is 0 Å². The van der Waals surface area contributed by atoms with E-state index >= 15 is 0 Å². The van der Waals surface area contributed by atoms with Gasteiger partial charge in [0.05, 0.1) is 0 Å². The van der Waals surface area contributed by atoms with Crippen molar-refractivity contribution in [1.29, 1.82) is 0 Å². The van der Waals surface area contributed by atoms with Crippen molar-refractivity contribution in [1.82, 2.24) is 10.2 Å². The van der Waals surface area contributed by atoms with Crippen LogP contribution < -0.4 is 10.6 Å². The lowest BCUT2D eigenvalue weighted by molar-refractivity contribution is 0.172. The number of anilines is 1. The van der Waals surface area contributed by atoms with Crippen molar-refractivity contribution >= 4 is 5.69 Å². The van der Waals surface area contributed by atoms with Gasteiger partial charge in [-0.05, 0) is 36.6 Å². The second-order valence-corrected chi connectivity index (χ2v) is 6.92. The minimum absolute atomic E-state index is 0.433. The number of hydrogen-bond acceptors (Lipinski definition) is 3. The number of nitrogens with one attached hydrogen (secondary N) is 2. The average Bonchev–Trinajstić information content (AvgIpc) is 2.66. The summed E-state index contributed by atoms with van der Waals surface area (Å²) in [6.45, 7) is 11.5. The Morgan fingerprint density at radius 2 is 1.76 bits per heavy atom. The van der Waals surface area contributed by atoms with Crippen molar-refractivity contribution in [3.05, 3.63) is 77.9 Å². The quantitative estimate of drug-likeness (QED) is 0.742. The third-order valence-electron chi connectivity index (χ3n) is 4.77. The molecule has 3 nitrogen and oxygen atoms in total. The summed E-state index contributed by atoms with van der Waals surface area (Å²) in [5.41, 5.74) is 5.10. The van der Waals surface area contributed by atoms with Crippen molar-refractivity contribution in [3.8, 4) is 0 Å². The van der Waals surface area contributed by atoms with E-state index in [2.05, 4.69) is 83.6 Å². The van der Waals surface area contributed by atoms with Crippen molar-refractivity contribution < 1.29 is 0 Å². The fourth-order valence-corrected chi connectivity index (χ4v) is 3.40. The Hall–Kier alpha value is -2.10. The lowest BCUT2D eigenvalue weighted by atomic mass is 9.97. The van der Waals surface area contributed by atoms with Crippen LogP contribution in [-0.2, 0) is 6.54 Å². The van der Waals surface area contributed by atoms with Gasteiger partial charge in [-0.1, -0.05) is 48.0 Å². The van der Waals surface area contributed by atoms with Gasteiger partial charge in [-0.3, -0.25) is 4.90 Å². The smallest absolute Gasteiger partial charge is 0.0400 e. The van der Waals surface area contributed by atoms with Crippen LogP contribution in [0.2, 0.25) is 0 Å². The second-order valence-electron chi connectivity index (χ2n) is 6.92. The van der Waals surface area contributed by atoms with Crippen molar-refractivity contribution in [2.75, 3.05) is 31.5 Å². The molecule has 1 aliphatic rings. The Kier molecular flexibility index (Phi) is 6.26. The van der Waals surface area contributed by atoms with Crippen molar-refractivity contribution in [2.24, 2.45) is 0 Å². The topological polar surface area (TPSA) is 27.3 Å². The Balaban J connectivity index is 1.66. The van der Waals surface area contributed by atoms with Crippen LogP contribution in [0.25, 0.3) is 0 Å². The van der Waals surface area contributed by atoms with E-state index in [-0.39, 0.29) is 0 Å². The maximum absolute atomic E-state index is 4.14. The molecule has 1 atom stereocenters. The van der Waals surface area contributed by atoms with E-state index in [9.17, 15) is 0 Å². The molecule has 0 aliphatic carbocycles. The number of piperazine rings is 1. The van der Waals surface area contributed by atoms with E-state index in [1.807, 2.05) is 0 Å². The molecule has 132 valence electrons. The zero-order valence-electron chi connectivity index (χ0n) is 15.2. The summed E-state index contributed by atoms with van der Waals surface area (Å²) < 4.78 is 0. The van der Waals surface area contributed by atoms with E-state index in [1.54, 1.807) is 0 Å². The molecule has 2 N–H and O–H groups in total. The van der Waals surface area contributed by atoms with E-state index in [0.717, 1.165) is 39.1 Å². The van der Waals surface area contributed by atoms with Gasteiger partial charge in [0.25, 0.3) is 0 Å². The van der Waals surface area contributed by atoms with Crippen LogP contribution in [0.5, 0.6) is 0 Å². The highest BCUT2D eigenvalue weighted by molar-refractivity contribution is 5.46. The maximum atomic E-state index is 4.14. The molecule has 2 aromatic rings. The van der Waals surface area contributed by atoms with E-state index in [1.165, 1.54) is 22.4 Å². The average molecular weight is 335 g/mol. The first kappa shape index (κ1) is 17.7. The minimum atomic E-state index is 0.433.